The predicted octanol–water partition coefficient (Wildman–Crippen LogP) is 4.83. The number of fused-ring (bicyclic) bond motifs is 1. The van der Waals surface area contributed by atoms with E-state index in [2.05, 4.69) is 10.3 Å². The summed E-state index contributed by atoms with van der Waals surface area (Å²) < 4.78 is 16.6. The molecule has 0 saturated carbocycles. The second kappa shape index (κ2) is 8.06. The molecule has 146 valence electrons. The van der Waals surface area contributed by atoms with Crippen LogP contribution in [0.2, 0.25) is 0 Å². The molecule has 1 N–H and O–H groups in total. The van der Waals surface area contributed by atoms with Crippen LogP contribution in [0.1, 0.15) is 5.56 Å². The molecule has 4 aromatic rings. The van der Waals surface area contributed by atoms with Crippen LogP contribution in [0.15, 0.2) is 71.1 Å². The zero-order chi connectivity index (χ0) is 20.2. The van der Waals surface area contributed by atoms with Gasteiger partial charge in [0, 0.05) is 17.3 Å². The number of aryl methyl sites for hydroxylation is 1. The van der Waals surface area contributed by atoms with Crippen molar-refractivity contribution in [2.24, 2.45) is 0 Å². The molecule has 1 aromatic heterocycles. The second-order valence-electron chi connectivity index (χ2n) is 6.59. The molecule has 29 heavy (non-hydrogen) atoms. The monoisotopic (exact) mass is 388 g/mol. The summed E-state index contributed by atoms with van der Waals surface area (Å²) in [4.78, 5) is 16.8. The Morgan fingerprint density at radius 2 is 1.90 bits per heavy atom. The average Bonchev–Trinajstić information content (AvgIpc) is 3.16. The molecule has 0 aliphatic rings. The van der Waals surface area contributed by atoms with Gasteiger partial charge < -0.3 is 19.2 Å². The Kier molecular flexibility index (Phi) is 5.16. The molecular formula is C23H20N2O4. The molecule has 0 atom stereocenters. The summed E-state index contributed by atoms with van der Waals surface area (Å²) in [6.45, 7) is 1.90. The minimum absolute atomic E-state index is 0.0731. The molecule has 0 bridgehead atoms. The molecule has 0 aliphatic heterocycles. The fourth-order valence-corrected chi connectivity index (χ4v) is 2.94. The lowest BCUT2D eigenvalue weighted by molar-refractivity contribution is -0.118. The van der Waals surface area contributed by atoms with Crippen LogP contribution in [0.3, 0.4) is 0 Å². The first-order valence-electron chi connectivity index (χ1n) is 9.15. The summed E-state index contributed by atoms with van der Waals surface area (Å²) >= 11 is 0. The Morgan fingerprint density at radius 3 is 2.72 bits per heavy atom. The van der Waals surface area contributed by atoms with Gasteiger partial charge >= 0.3 is 0 Å². The van der Waals surface area contributed by atoms with Crippen LogP contribution in [0.4, 0.5) is 5.69 Å². The van der Waals surface area contributed by atoms with Gasteiger partial charge in [-0.3, -0.25) is 4.79 Å². The Bertz CT molecular complexity index is 1170. The van der Waals surface area contributed by atoms with E-state index in [1.807, 2.05) is 67.6 Å². The lowest BCUT2D eigenvalue weighted by Crippen LogP contribution is -2.20. The van der Waals surface area contributed by atoms with Gasteiger partial charge in [-0.1, -0.05) is 18.2 Å². The minimum atomic E-state index is -0.244. The lowest BCUT2D eigenvalue weighted by Gasteiger charge is -2.08. The maximum atomic E-state index is 12.2. The van der Waals surface area contributed by atoms with E-state index in [1.54, 1.807) is 13.2 Å². The van der Waals surface area contributed by atoms with Crippen molar-refractivity contribution in [3.63, 3.8) is 0 Å². The van der Waals surface area contributed by atoms with Crippen LogP contribution in [0.25, 0.3) is 22.6 Å². The van der Waals surface area contributed by atoms with Gasteiger partial charge in [-0.2, -0.15) is 0 Å². The van der Waals surface area contributed by atoms with Gasteiger partial charge in [0.15, 0.2) is 12.2 Å². The van der Waals surface area contributed by atoms with Crippen LogP contribution in [0.5, 0.6) is 11.5 Å². The highest BCUT2D eigenvalue weighted by molar-refractivity contribution is 5.92. The van der Waals surface area contributed by atoms with Gasteiger partial charge in [0.25, 0.3) is 5.91 Å². The maximum Gasteiger partial charge on any atom is 0.262 e. The summed E-state index contributed by atoms with van der Waals surface area (Å²) in [6, 6.07) is 20.4. The van der Waals surface area contributed by atoms with E-state index in [-0.39, 0.29) is 12.5 Å². The fraction of sp³-hybridized carbons (Fsp3) is 0.130. The highest BCUT2D eigenvalue weighted by Gasteiger charge is 2.11. The van der Waals surface area contributed by atoms with Gasteiger partial charge in [-0.05, 0) is 55.0 Å². The molecular weight excluding hydrogens is 368 g/mol. The largest absolute Gasteiger partial charge is 0.497 e. The molecule has 0 fully saturated rings. The molecule has 0 saturated heterocycles. The topological polar surface area (TPSA) is 73.6 Å². The summed E-state index contributed by atoms with van der Waals surface area (Å²) in [5.74, 6) is 1.61. The number of ether oxygens (including phenoxy) is 2. The highest BCUT2D eigenvalue weighted by atomic mass is 16.5. The van der Waals surface area contributed by atoms with E-state index in [0.29, 0.717) is 34.2 Å². The van der Waals surface area contributed by atoms with Crippen LogP contribution >= 0.6 is 0 Å². The fourth-order valence-electron chi connectivity index (χ4n) is 2.94. The number of nitrogens with zero attached hydrogens (tertiary/aromatic N) is 1. The SMILES string of the molecule is COc1ccc2oc(-c3cccc(NC(=O)COc4cccc(C)c4)c3)nc2c1. The zero-order valence-corrected chi connectivity index (χ0v) is 16.1. The van der Waals surface area contributed by atoms with Crippen molar-refractivity contribution in [2.75, 3.05) is 19.0 Å². The van der Waals surface area contributed by atoms with Crippen molar-refractivity contribution < 1.29 is 18.7 Å². The molecule has 0 radical (unpaired) electrons. The summed E-state index contributed by atoms with van der Waals surface area (Å²) in [5, 5.41) is 2.84. The Hall–Kier alpha value is -3.80. The molecule has 6 nitrogen and oxygen atoms in total. The van der Waals surface area contributed by atoms with Gasteiger partial charge in [-0.15, -0.1) is 0 Å². The third kappa shape index (κ3) is 4.38. The number of carbonyl (C=O) groups excluding carboxylic acids is 1. The Morgan fingerprint density at radius 1 is 1.03 bits per heavy atom. The van der Waals surface area contributed by atoms with Gasteiger partial charge in [0.1, 0.15) is 17.0 Å². The number of oxazole rings is 1. The molecule has 0 unspecified atom stereocenters. The number of rotatable bonds is 6. The van der Waals surface area contributed by atoms with Crippen LogP contribution in [-0.2, 0) is 4.79 Å². The number of benzene rings is 3. The van der Waals surface area contributed by atoms with Crippen molar-refractivity contribution in [3.05, 3.63) is 72.3 Å². The van der Waals surface area contributed by atoms with E-state index in [1.165, 1.54) is 0 Å². The van der Waals surface area contributed by atoms with Crippen LogP contribution in [-0.4, -0.2) is 24.6 Å². The van der Waals surface area contributed by atoms with Gasteiger partial charge in [0.05, 0.1) is 7.11 Å². The Labute approximate surface area is 168 Å². The normalized spacial score (nSPS) is 10.7. The lowest BCUT2D eigenvalue weighted by atomic mass is 10.2. The zero-order valence-electron chi connectivity index (χ0n) is 16.1. The number of hydrogen-bond acceptors (Lipinski definition) is 5. The summed E-state index contributed by atoms with van der Waals surface area (Å²) in [5.41, 5.74) is 3.85. The number of amides is 1. The van der Waals surface area contributed by atoms with Crippen LogP contribution in [0, 0.1) is 6.92 Å². The van der Waals surface area contributed by atoms with Gasteiger partial charge in [-0.25, -0.2) is 4.98 Å². The van der Waals surface area contributed by atoms with Crippen molar-refractivity contribution in [3.8, 4) is 23.0 Å². The third-order valence-electron chi connectivity index (χ3n) is 4.35. The minimum Gasteiger partial charge on any atom is -0.497 e. The molecule has 6 heteroatoms. The Balaban J connectivity index is 1.46. The predicted molar refractivity (Wildman–Crippen MR) is 111 cm³/mol. The highest BCUT2D eigenvalue weighted by Crippen LogP contribution is 2.28. The first-order chi connectivity index (χ1) is 14.1. The number of hydrogen-bond donors (Lipinski definition) is 1. The average molecular weight is 388 g/mol. The van der Waals surface area contributed by atoms with Crippen molar-refractivity contribution >= 4 is 22.7 Å². The van der Waals surface area contributed by atoms with Crippen molar-refractivity contribution in [1.82, 2.24) is 4.98 Å². The van der Waals surface area contributed by atoms with Crippen molar-refractivity contribution in [2.45, 2.75) is 6.92 Å². The third-order valence-corrected chi connectivity index (χ3v) is 4.35. The first-order valence-corrected chi connectivity index (χ1v) is 9.15. The number of anilines is 1. The molecule has 1 amide bonds. The number of nitrogens with one attached hydrogen (secondary N) is 1. The smallest absolute Gasteiger partial charge is 0.262 e. The standard InChI is InChI=1S/C23H20N2O4/c1-15-5-3-8-19(11-15)28-14-22(26)24-17-7-4-6-16(12-17)23-25-20-13-18(27-2)9-10-21(20)29-23/h3-13H,14H2,1-2H3,(H,24,26). The second-order valence-corrected chi connectivity index (χ2v) is 6.59. The maximum absolute atomic E-state index is 12.2. The van der Waals surface area contributed by atoms with E-state index >= 15 is 0 Å². The van der Waals surface area contributed by atoms with E-state index < -0.39 is 0 Å². The molecule has 1 heterocycles. The number of carbonyl (C=O) groups is 1. The van der Waals surface area contributed by atoms with Crippen molar-refractivity contribution in [1.29, 1.82) is 0 Å². The quantitative estimate of drug-likeness (QED) is 0.512. The first kappa shape index (κ1) is 18.6. The van der Waals surface area contributed by atoms with E-state index in [4.69, 9.17) is 13.9 Å². The molecule has 0 aliphatic carbocycles. The summed E-state index contributed by atoms with van der Waals surface area (Å²) in [7, 11) is 1.61. The summed E-state index contributed by atoms with van der Waals surface area (Å²) in [6.07, 6.45) is 0. The van der Waals surface area contributed by atoms with Gasteiger partial charge in [0.2, 0.25) is 5.89 Å². The number of aromatic nitrogens is 1. The molecule has 3 aromatic carbocycles. The van der Waals surface area contributed by atoms with E-state index in [0.717, 1.165) is 11.1 Å². The molecule has 4 rings (SSSR count). The number of methoxy groups -OCH3 is 1. The van der Waals surface area contributed by atoms with E-state index in [9.17, 15) is 4.79 Å². The van der Waals surface area contributed by atoms with Crippen LogP contribution < -0.4 is 14.8 Å². The molecule has 0 spiro atoms.